The number of hydrogen-bond donors (Lipinski definition) is 2. The predicted octanol–water partition coefficient (Wildman–Crippen LogP) is 3.12. The van der Waals surface area contributed by atoms with Gasteiger partial charge in [-0.1, -0.05) is 6.07 Å². The average molecular weight is 391 g/mol. The molecule has 0 bridgehead atoms. The second-order valence-electron chi connectivity index (χ2n) is 6.12. The number of methoxy groups -OCH3 is 2. The van der Waals surface area contributed by atoms with Gasteiger partial charge in [0.25, 0.3) is 0 Å². The molecule has 7 heteroatoms. The van der Waals surface area contributed by atoms with Crippen molar-refractivity contribution in [3.8, 4) is 11.5 Å². The summed E-state index contributed by atoms with van der Waals surface area (Å²) < 4.78 is 10.6. The number of rotatable bonds is 9. The number of benzene rings is 1. The fourth-order valence-corrected chi connectivity index (χ4v) is 3.70. The Kier molecular flexibility index (Phi) is 8.39. The highest BCUT2D eigenvalue weighted by atomic mass is 32.1. The molecule has 0 radical (unpaired) electrons. The number of thiazole rings is 1. The lowest BCUT2D eigenvalue weighted by Gasteiger charge is -2.12. The Balaban J connectivity index is 1.87. The van der Waals surface area contributed by atoms with Crippen molar-refractivity contribution in [2.24, 2.45) is 4.99 Å². The highest BCUT2D eigenvalue weighted by molar-refractivity contribution is 7.11. The zero-order valence-electron chi connectivity index (χ0n) is 16.9. The molecule has 2 N–H and O–H groups in total. The van der Waals surface area contributed by atoms with Crippen molar-refractivity contribution in [3.63, 3.8) is 0 Å². The molecule has 0 saturated carbocycles. The monoisotopic (exact) mass is 390 g/mol. The number of ether oxygens (including phenoxy) is 2. The molecule has 148 valence electrons. The Morgan fingerprint density at radius 2 is 1.89 bits per heavy atom. The molecule has 0 aliphatic rings. The molecule has 0 fully saturated rings. The summed E-state index contributed by atoms with van der Waals surface area (Å²) in [6.45, 7) is 8.55. The first kappa shape index (κ1) is 21.0. The Hall–Kier alpha value is -2.28. The van der Waals surface area contributed by atoms with Crippen LogP contribution in [0, 0.1) is 13.8 Å². The maximum atomic E-state index is 5.36. The molecule has 0 unspecified atom stereocenters. The highest BCUT2D eigenvalue weighted by Gasteiger charge is 2.06. The van der Waals surface area contributed by atoms with E-state index in [1.165, 1.54) is 10.4 Å². The highest BCUT2D eigenvalue weighted by Crippen LogP contribution is 2.27. The number of aromatic nitrogens is 1. The lowest BCUT2D eigenvalue weighted by Crippen LogP contribution is -2.38. The number of hydrogen-bond acceptors (Lipinski definition) is 5. The largest absolute Gasteiger partial charge is 0.493 e. The average Bonchev–Trinajstić information content (AvgIpc) is 2.98. The van der Waals surface area contributed by atoms with Gasteiger partial charge in [-0.3, -0.25) is 4.99 Å². The van der Waals surface area contributed by atoms with Crippen molar-refractivity contribution < 1.29 is 9.47 Å². The first-order valence-electron chi connectivity index (χ1n) is 9.23. The van der Waals surface area contributed by atoms with Crippen LogP contribution in [0.25, 0.3) is 0 Å². The van der Waals surface area contributed by atoms with Gasteiger partial charge >= 0.3 is 0 Å². The summed E-state index contributed by atoms with van der Waals surface area (Å²) in [6, 6.07) is 6.01. The smallest absolute Gasteiger partial charge is 0.191 e. The normalized spacial score (nSPS) is 11.4. The van der Waals surface area contributed by atoms with Crippen LogP contribution < -0.4 is 20.1 Å². The van der Waals surface area contributed by atoms with Crippen molar-refractivity contribution in [1.29, 1.82) is 0 Å². The van der Waals surface area contributed by atoms with E-state index in [0.717, 1.165) is 60.6 Å². The van der Waals surface area contributed by atoms with Gasteiger partial charge in [0.2, 0.25) is 0 Å². The van der Waals surface area contributed by atoms with Crippen molar-refractivity contribution >= 4 is 17.3 Å². The number of nitrogens with zero attached hydrogens (tertiary/aromatic N) is 2. The molecule has 2 rings (SSSR count). The second kappa shape index (κ2) is 10.8. The zero-order valence-corrected chi connectivity index (χ0v) is 17.7. The fourth-order valence-electron chi connectivity index (χ4n) is 2.78. The molecule has 0 aliphatic carbocycles. The summed E-state index contributed by atoms with van der Waals surface area (Å²) >= 11 is 1.76. The first-order chi connectivity index (χ1) is 13.1. The lowest BCUT2D eigenvalue weighted by molar-refractivity contribution is 0.354. The van der Waals surface area contributed by atoms with Crippen molar-refractivity contribution in [2.75, 3.05) is 33.9 Å². The van der Waals surface area contributed by atoms with Crippen molar-refractivity contribution in [3.05, 3.63) is 39.3 Å². The van der Waals surface area contributed by atoms with Crippen molar-refractivity contribution in [1.82, 2.24) is 15.6 Å². The van der Waals surface area contributed by atoms with Crippen LogP contribution in [0.15, 0.2) is 23.2 Å². The van der Waals surface area contributed by atoms with E-state index in [-0.39, 0.29) is 0 Å². The SMILES string of the molecule is CCNC(=NCCc1sc(C)nc1C)NCCc1ccc(OC)c(OC)c1. The van der Waals surface area contributed by atoms with Crippen LogP contribution >= 0.6 is 11.3 Å². The number of aryl methyl sites for hydroxylation is 2. The number of aliphatic imine (C=N–C) groups is 1. The molecule has 6 nitrogen and oxygen atoms in total. The molecule has 1 aromatic heterocycles. The molecule has 1 aromatic carbocycles. The third kappa shape index (κ3) is 6.43. The van der Waals surface area contributed by atoms with Gasteiger partial charge in [-0.15, -0.1) is 11.3 Å². The van der Waals surface area contributed by atoms with Gasteiger partial charge in [-0.05, 0) is 44.9 Å². The third-order valence-corrected chi connectivity index (χ3v) is 5.24. The summed E-state index contributed by atoms with van der Waals surface area (Å²) in [5.41, 5.74) is 2.31. The summed E-state index contributed by atoms with van der Waals surface area (Å²) in [4.78, 5) is 10.5. The van der Waals surface area contributed by atoms with Gasteiger partial charge in [0.1, 0.15) is 0 Å². The summed E-state index contributed by atoms with van der Waals surface area (Å²) in [7, 11) is 3.30. The van der Waals surface area contributed by atoms with E-state index in [9.17, 15) is 0 Å². The quantitative estimate of drug-likeness (QED) is 0.509. The Morgan fingerprint density at radius 3 is 2.52 bits per heavy atom. The molecular formula is C20H30N4O2S. The standard InChI is InChI=1S/C20H30N4O2S/c1-6-21-20(23-12-10-19-14(2)24-15(3)27-19)22-11-9-16-7-8-17(25-4)18(13-16)26-5/h7-8,13H,6,9-12H2,1-5H3,(H2,21,22,23). The van der Waals surface area contributed by atoms with Gasteiger partial charge in [0, 0.05) is 30.9 Å². The Labute approximate surface area is 166 Å². The van der Waals surface area contributed by atoms with Gasteiger partial charge in [-0.2, -0.15) is 0 Å². The van der Waals surface area contributed by atoms with E-state index in [1.807, 2.05) is 19.1 Å². The summed E-state index contributed by atoms with van der Waals surface area (Å²) in [6.07, 6.45) is 1.79. The van der Waals surface area contributed by atoms with E-state index in [4.69, 9.17) is 9.47 Å². The molecule has 0 saturated heterocycles. The molecule has 0 aliphatic heterocycles. The lowest BCUT2D eigenvalue weighted by atomic mass is 10.1. The first-order valence-corrected chi connectivity index (χ1v) is 10.0. The predicted molar refractivity (Wildman–Crippen MR) is 113 cm³/mol. The number of guanidine groups is 1. The third-order valence-electron chi connectivity index (χ3n) is 4.11. The summed E-state index contributed by atoms with van der Waals surface area (Å²) in [5.74, 6) is 2.35. The van der Waals surface area contributed by atoms with Crippen LogP contribution in [0.2, 0.25) is 0 Å². The van der Waals surface area contributed by atoms with Crippen LogP contribution in [-0.2, 0) is 12.8 Å². The number of nitrogens with one attached hydrogen (secondary N) is 2. The van der Waals surface area contributed by atoms with Gasteiger partial charge in [0.15, 0.2) is 17.5 Å². The van der Waals surface area contributed by atoms with Crippen LogP contribution in [-0.4, -0.2) is 44.8 Å². The van der Waals surface area contributed by atoms with E-state index < -0.39 is 0 Å². The zero-order chi connectivity index (χ0) is 19.6. The molecular weight excluding hydrogens is 360 g/mol. The molecule has 27 heavy (non-hydrogen) atoms. The van der Waals surface area contributed by atoms with E-state index in [0.29, 0.717) is 0 Å². The minimum Gasteiger partial charge on any atom is -0.493 e. The minimum atomic E-state index is 0.744. The van der Waals surface area contributed by atoms with Crippen LogP contribution in [0.4, 0.5) is 0 Å². The summed E-state index contributed by atoms with van der Waals surface area (Å²) in [5, 5.41) is 7.81. The molecule has 0 atom stereocenters. The van der Waals surface area contributed by atoms with Crippen LogP contribution in [0.1, 0.15) is 28.1 Å². The minimum absolute atomic E-state index is 0.744. The van der Waals surface area contributed by atoms with Crippen LogP contribution in [0.5, 0.6) is 11.5 Å². The molecule has 0 spiro atoms. The fraction of sp³-hybridized carbons (Fsp3) is 0.500. The molecule has 2 aromatic rings. The Morgan fingerprint density at radius 1 is 1.11 bits per heavy atom. The van der Waals surface area contributed by atoms with E-state index in [1.54, 1.807) is 25.6 Å². The van der Waals surface area contributed by atoms with E-state index >= 15 is 0 Å². The molecule has 0 amide bonds. The van der Waals surface area contributed by atoms with Gasteiger partial charge in [-0.25, -0.2) is 4.98 Å². The maximum absolute atomic E-state index is 5.36. The van der Waals surface area contributed by atoms with Gasteiger partial charge < -0.3 is 20.1 Å². The Bertz CT molecular complexity index is 758. The van der Waals surface area contributed by atoms with E-state index in [2.05, 4.69) is 40.5 Å². The second-order valence-corrected chi connectivity index (χ2v) is 7.41. The van der Waals surface area contributed by atoms with Crippen molar-refractivity contribution in [2.45, 2.75) is 33.6 Å². The maximum Gasteiger partial charge on any atom is 0.191 e. The van der Waals surface area contributed by atoms with Crippen LogP contribution in [0.3, 0.4) is 0 Å². The van der Waals surface area contributed by atoms with Gasteiger partial charge in [0.05, 0.1) is 24.9 Å². The topological polar surface area (TPSA) is 67.8 Å². The molecule has 1 heterocycles.